The third kappa shape index (κ3) is 11.9. The van der Waals surface area contributed by atoms with E-state index in [1.54, 1.807) is 0 Å². The maximum atomic E-state index is 11.0. The minimum absolute atomic E-state index is 0.488. The minimum atomic E-state index is -0.488. The molecule has 0 spiro atoms. The Morgan fingerprint density at radius 3 is 1.73 bits per heavy atom. The van der Waals surface area contributed by atoms with Crippen LogP contribution in [0.3, 0.4) is 0 Å². The van der Waals surface area contributed by atoms with Crippen LogP contribution in [0.2, 0.25) is 0 Å². The van der Waals surface area contributed by atoms with Gasteiger partial charge in [0.15, 0.2) is 0 Å². The summed E-state index contributed by atoms with van der Waals surface area (Å²) >= 11 is 0. The first-order valence-corrected chi connectivity index (χ1v) is 10.9. The molecule has 0 saturated carbocycles. The van der Waals surface area contributed by atoms with Crippen LogP contribution in [-0.2, 0) is 6.42 Å². The summed E-state index contributed by atoms with van der Waals surface area (Å²) in [5.41, 5.74) is 7.27. The number of rotatable bonds is 16. The molecule has 0 aliphatic carbocycles. The van der Waals surface area contributed by atoms with E-state index in [4.69, 9.17) is 5.73 Å². The number of urea groups is 1. The number of unbranched alkanes of at least 4 members (excludes halogenated alkanes) is 13. The normalized spacial score (nSPS) is 10.8. The molecule has 0 aliphatic rings. The summed E-state index contributed by atoms with van der Waals surface area (Å²) in [5.74, 6) is 0. The number of carbonyl (C=O) groups excluding carboxylic acids is 1. The fourth-order valence-corrected chi connectivity index (χ4v) is 3.50. The summed E-state index contributed by atoms with van der Waals surface area (Å²) in [4.78, 5) is 11.0. The van der Waals surface area contributed by atoms with Crippen LogP contribution in [0.25, 0.3) is 0 Å². The lowest BCUT2D eigenvalue weighted by molar-refractivity contribution is 0.259. The van der Waals surface area contributed by atoms with Crippen molar-refractivity contribution in [1.82, 2.24) is 0 Å². The number of hydrogen-bond donors (Lipinski definition) is 2. The quantitative estimate of drug-likeness (QED) is 0.301. The molecule has 148 valence electrons. The molecule has 0 aromatic heterocycles. The standard InChI is InChI=1S/C23H40N2O/c1-2-3-4-5-6-7-8-9-10-11-12-13-14-15-18-21-19-16-17-20-22(21)25-23(24)26/h16-17,19-20H,2-15,18H2,1H3,(H3,24,25,26). The molecular weight excluding hydrogens is 320 g/mol. The molecule has 1 rings (SSSR count). The van der Waals surface area contributed by atoms with Gasteiger partial charge < -0.3 is 11.1 Å². The van der Waals surface area contributed by atoms with Crippen LogP contribution >= 0.6 is 0 Å². The van der Waals surface area contributed by atoms with Crippen molar-refractivity contribution in [3.8, 4) is 0 Å². The van der Waals surface area contributed by atoms with Gasteiger partial charge in [0.2, 0.25) is 0 Å². The summed E-state index contributed by atoms with van der Waals surface area (Å²) < 4.78 is 0. The first kappa shape index (κ1) is 22.5. The highest BCUT2D eigenvalue weighted by Gasteiger charge is 2.03. The van der Waals surface area contributed by atoms with E-state index in [-0.39, 0.29) is 0 Å². The third-order valence-corrected chi connectivity index (χ3v) is 5.07. The lowest BCUT2D eigenvalue weighted by Gasteiger charge is -2.09. The summed E-state index contributed by atoms with van der Waals surface area (Å²) in [5, 5.41) is 2.71. The second-order valence-electron chi connectivity index (χ2n) is 7.49. The molecular formula is C23H40N2O. The van der Waals surface area contributed by atoms with Crippen LogP contribution in [0.1, 0.15) is 102 Å². The van der Waals surface area contributed by atoms with Gasteiger partial charge in [-0.1, -0.05) is 109 Å². The van der Waals surface area contributed by atoms with Crippen molar-refractivity contribution in [2.75, 3.05) is 5.32 Å². The van der Waals surface area contributed by atoms with Crippen molar-refractivity contribution in [3.63, 3.8) is 0 Å². The Balaban J connectivity index is 1.93. The molecule has 2 amide bonds. The highest BCUT2D eigenvalue weighted by atomic mass is 16.2. The monoisotopic (exact) mass is 360 g/mol. The first-order chi connectivity index (χ1) is 12.7. The van der Waals surface area contributed by atoms with Crippen LogP contribution in [0.15, 0.2) is 24.3 Å². The number of hydrogen-bond acceptors (Lipinski definition) is 1. The van der Waals surface area contributed by atoms with E-state index in [2.05, 4.69) is 18.3 Å². The molecule has 0 atom stereocenters. The summed E-state index contributed by atoms with van der Waals surface area (Å²) in [6.07, 6.45) is 20.3. The second kappa shape index (κ2) is 15.7. The van der Waals surface area contributed by atoms with Gasteiger partial charge in [-0.2, -0.15) is 0 Å². The Morgan fingerprint density at radius 2 is 1.23 bits per heavy atom. The van der Waals surface area contributed by atoms with Crippen molar-refractivity contribution in [3.05, 3.63) is 29.8 Å². The predicted molar refractivity (Wildman–Crippen MR) is 114 cm³/mol. The van der Waals surface area contributed by atoms with Gasteiger partial charge in [-0.15, -0.1) is 0 Å². The molecule has 0 aliphatic heterocycles. The lowest BCUT2D eigenvalue weighted by atomic mass is 10.0. The van der Waals surface area contributed by atoms with Crippen LogP contribution in [0, 0.1) is 0 Å². The summed E-state index contributed by atoms with van der Waals surface area (Å²) in [7, 11) is 0. The third-order valence-electron chi connectivity index (χ3n) is 5.07. The van der Waals surface area contributed by atoms with E-state index >= 15 is 0 Å². The number of anilines is 1. The van der Waals surface area contributed by atoms with E-state index in [1.807, 2.05) is 18.2 Å². The highest BCUT2D eigenvalue weighted by Crippen LogP contribution is 2.18. The van der Waals surface area contributed by atoms with Gasteiger partial charge in [-0.05, 0) is 24.5 Å². The Bertz CT molecular complexity index is 473. The van der Waals surface area contributed by atoms with E-state index in [1.165, 1.54) is 95.5 Å². The zero-order valence-electron chi connectivity index (χ0n) is 16.9. The molecule has 0 fully saturated rings. The molecule has 1 aromatic carbocycles. The molecule has 3 nitrogen and oxygen atoms in total. The van der Waals surface area contributed by atoms with Crippen LogP contribution < -0.4 is 11.1 Å². The largest absolute Gasteiger partial charge is 0.351 e. The van der Waals surface area contributed by atoms with Gasteiger partial charge in [0.1, 0.15) is 0 Å². The average molecular weight is 361 g/mol. The molecule has 0 unspecified atom stereocenters. The average Bonchev–Trinajstić information content (AvgIpc) is 2.63. The number of amides is 2. The van der Waals surface area contributed by atoms with Crippen LogP contribution in [-0.4, -0.2) is 6.03 Å². The fourth-order valence-electron chi connectivity index (χ4n) is 3.50. The number of aryl methyl sites for hydroxylation is 1. The van der Waals surface area contributed by atoms with Gasteiger partial charge in [-0.25, -0.2) is 4.79 Å². The molecule has 26 heavy (non-hydrogen) atoms. The predicted octanol–water partition coefficient (Wildman–Crippen LogP) is 7.20. The number of para-hydroxylation sites is 1. The van der Waals surface area contributed by atoms with E-state index in [0.717, 1.165) is 12.1 Å². The molecule has 0 bridgehead atoms. The van der Waals surface area contributed by atoms with E-state index in [9.17, 15) is 4.79 Å². The number of carbonyl (C=O) groups is 1. The van der Waals surface area contributed by atoms with E-state index in [0.29, 0.717) is 0 Å². The smallest absolute Gasteiger partial charge is 0.316 e. The van der Waals surface area contributed by atoms with Gasteiger partial charge in [-0.3, -0.25) is 0 Å². The molecule has 1 aromatic rings. The van der Waals surface area contributed by atoms with Crippen LogP contribution in [0.5, 0.6) is 0 Å². The maximum Gasteiger partial charge on any atom is 0.316 e. The van der Waals surface area contributed by atoms with Crippen LogP contribution in [0.4, 0.5) is 10.5 Å². The van der Waals surface area contributed by atoms with Crippen molar-refractivity contribution in [2.45, 2.75) is 103 Å². The number of benzene rings is 1. The van der Waals surface area contributed by atoms with Gasteiger partial charge >= 0.3 is 6.03 Å². The van der Waals surface area contributed by atoms with Gasteiger partial charge in [0.25, 0.3) is 0 Å². The first-order valence-electron chi connectivity index (χ1n) is 10.9. The number of nitrogens with one attached hydrogen (secondary N) is 1. The summed E-state index contributed by atoms with van der Waals surface area (Å²) in [6, 6.07) is 7.46. The Hall–Kier alpha value is -1.51. The topological polar surface area (TPSA) is 55.1 Å². The molecule has 3 heteroatoms. The lowest BCUT2D eigenvalue weighted by Crippen LogP contribution is -2.20. The SMILES string of the molecule is CCCCCCCCCCCCCCCCc1ccccc1NC(N)=O. The zero-order valence-corrected chi connectivity index (χ0v) is 16.9. The van der Waals surface area contributed by atoms with E-state index < -0.39 is 6.03 Å². The highest BCUT2D eigenvalue weighted by molar-refractivity contribution is 5.88. The van der Waals surface area contributed by atoms with Crippen molar-refractivity contribution in [2.24, 2.45) is 5.73 Å². The Labute approximate surface area is 161 Å². The van der Waals surface area contributed by atoms with Crippen molar-refractivity contribution < 1.29 is 4.79 Å². The van der Waals surface area contributed by atoms with Crippen molar-refractivity contribution >= 4 is 11.7 Å². The number of primary amides is 1. The second-order valence-corrected chi connectivity index (χ2v) is 7.49. The minimum Gasteiger partial charge on any atom is -0.351 e. The summed E-state index contributed by atoms with van der Waals surface area (Å²) in [6.45, 7) is 2.28. The molecule has 3 N–H and O–H groups in total. The number of nitrogens with two attached hydrogens (primary N) is 1. The zero-order chi connectivity index (χ0) is 18.9. The van der Waals surface area contributed by atoms with Gasteiger partial charge in [0, 0.05) is 5.69 Å². The molecule has 0 saturated heterocycles. The van der Waals surface area contributed by atoms with Crippen molar-refractivity contribution in [1.29, 1.82) is 0 Å². The molecule has 0 heterocycles. The Kier molecular flexibility index (Phi) is 13.6. The molecule has 0 radical (unpaired) electrons. The van der Waals surface area contributed by atoms with Gasteiger partial charge in [0.05, 0.1) is 0 Å². The Morgan fingerprint density at radius 1 is 0.769 bits per heavy atom. The maximum absolute atomic E-state index is 11.0. The fraction of sp³-hybridized carbons (Fsp3) is 0.696.